The van der Waals surface area contributed by atoms with Gasteiger partial charge in [0.25, 0.3) is 11.8 Å². The predicted molar refractivity (Wildman–Crippen MR) is 117 cm³/mol. The van der Waals surface area contributed by atoms with Gasteiger partial charge in [-0.1, -0.05) is 12.1 Å². The Bertz CT molecular complexity index is 1490. The average Bonchev–Trinajstić information content (AvgIpc) is 3.51. The van der Waals surface area contributed by atoms with Crippen molar-refractivity contribution in [1.82, 2.24) is 20.0 Å². The van der Waals surface area contributed by atoms with E-state index in [9.17, 15) is 32.7 Å². The van der Waals surface area contributed by atoms with Crippen LogP contribution in [0, 0.1) is 0 Å². The number of ether oxygens (including phenoxy) is 1. The predicted octanol–water partition coefficient (Wildman–Crippen LogP) is 3.61. The highest BCUT2D eigenvalue weighted by molar-refractivity contribution is 7.14. The lowest BCUT2D eigenvalue weighted by Gasteiger charge is -2.09. The summed E-state index contributed by atoms with van der Waals surface area (Å²) in [5.74, 6) is -4.15. The van der Waals surface area contributed by atoms with Crippen molar-refractivity contribution < 1.29 is 41.8 Å². The molecule has 1 amide bonds. The number of nitrogens with zero attached hydrogens (tertiary/aromatic N) is 4. The zero-order valence-corrected chi connectivity index (χ0v) is 18.9. The van der Waals surface area contributed by atoms with Gasteiger partial charge in [0.05, 0.1) is 11.4 Å². The molecule has 0 fully saturated rings. The summed E-state index contributed by atoms with van der Waals surface area (Å²) in [5, 5.41) is 17.7. The Balaban J connectivity index is 1.75. The fourth-order valence-electron chi connectivity index (χ4n) is 3.12. The molecule has 11 nitrogen and oxygen atoms in total. The van der Waals surface area contributed by atoms with Crippen LogP contribution in [-0.4, -0.2) is 49.1 Å². The fraction of sp³-hybridized carbons (Fsp3) is 0.143. The molecule has 0 spiro atoms. The number of ketones is 1. The van der Waals surface area contributed by atoms with Gasteiger partial charge in [0.2, 0.25) is 0 Å². The molecule has 4 aromatic rings. The number of Topliss-reactive ketones (excluding diaryl/α,β-unsaturated/α-hetero) is 1. The van der Waals surface area contributed by atoms with Gasteiger partial charge in [0.15, 0.2) is 28.6 Å². The van der Waals surface area contributed by atoms with Gasteiger partial charge in [-0.25, -0.2) is 4.79 Å². The quantitative estimate of drug-likeness (QED) is 0.330. The highest BCUT2D eigenvalue weighted by Gasteiger charge is 2.32. The second-order valence-corrected chi connectivity index (χ2v) is 8.36. The summed E-state index contributed by atoms with van der Waals surface area (Å²) >= 11 is 1.19. The third-order valence-electron chi connectivity index (χ3n) is 4.56. The highest BCUT2D eigenvalue weighted by atomic mass is 32.1. The lowest BCUT2D eigenvalue weighted by molar-refractivity contribution is -0.274. The molecular weight excluding hydrogens is 507 g/mol. The number of carboxylic acids is 1. The van der Waals surface area contributed by atoms with E-state index in [1.807, 2.05) is 0 Å². The number of benzene rings is 1. The van der Waals surface area contributed by atoms with Crippen molar-refractivity contribution in [3.8, 4) is 28.7 Å². The smallest absolute Gasteiger partial charge is 0.476 e. The minimum Gasteiger partial charge on any atom is -0.476 e. The molecule has 0 saturated heterocycles. The van der Waals surface area contributed by atoms with Gasteiger partial charge in [-0.15, -0.1) is 34.7 Å². The van der Waals surface area contributed by atoms with E-state index in [-0.39, 0.29) is 29.3 Å². The first-order valence-corrected chi connectivity index (χ1v) is 10.7. The van der Waals surface area contributed by atoms with Gasteiger partial charge in [0, 0.05) is 10.4 Å². The number of aromatic nitrogens is 4. The normalized spacial score (nSPS) is 11.4. The molecular formula is C21H14F3N5O6S. The number of nitrogens with two attached hydrogens (primary N) is 1. The molecule has 186 valence electrons. The molecule has 0 atom stereocenters. The van der Waals surface area contributed by atoms with Crippen molar-refractivity contribution in [2.24, 2.45) is 5.73 Å². The van der Waals surface area contributed by atoms with Crippen molar-refractivity contribution in [3.05, 3.63) is 57.5 Å². The Kier molecular flexibility index (Phi) is 6.32. The number of halogens is 3. The third-order valence-corrected chi connectivity index (χ3v) is 5.73. The molecule has 3 aromatic heterocycles. The molecule has 0 saturated carbocycles. The van der Waals surface area contributed by atoms with E-state index in [0.29, 0.717) is 9.75 Å². The van der Waals surface area contributed by atoms with Crippen molar-refractivity contribution >= 4 is 29.0 Å². The summed E-state index contributed by atoms with van der Waals surface area (Å²) < 4.78 is 47.2. The molecule has 0 bridgehead atoms. The molecule has 4 rings (SSSR count). The summed E-state index contributed by atoms with van der Waals surface area (Å²) in [6, 6.07) is 7.72. The Hall–Kier alpha value is -4.53. The number of carbonyl (C=O) groups excluding carboxylic acids is 2. The van der Waals surface area contributed by atoms with Crippen LogP contribution in [-0.2, 0) is 6.54 Å². The van der Waals surface area contributed by atoms with Crippen molar-refractivity contribution in [2.45, 2.75) is 19.8 Å². The average molecular weight is 521 g/mol. The molecule has 0 aliphatic heterocycles. The van der Waals surface area contributed by atoms with E-state index in [4.69, 9.17) is 10.2 Å². The Morgan fingerprint density at radius 3 is 2.53 bits per heavy atom. The Morgan fingerprint density at radius 1 is 1.17 bits per heavy atom. The fourth-order valence-corrected chi connectivity index (χ4v) is 4.00. The molecule has 0 aliphatic rings. The topological polar surface area (TPSA) is 163 Å². The SMILES string of the molecule is CC(=O)c1ccc(Cn2nc(C(N)=O)c(-c3nc(C(=O)O)c(-c4cccc(OC(F)(F)F)c4)o3)n2)s1. The van der Waals surface area contributed by atoms with Gasteiger partial charge in [0.1, 0.15) is 5.75 Å². The Labute approximate surface area is 202 Å². The molecule has 0 aliphatic carbocycles. The van der Waals surface area contributed by atoms with E-state index in [1.165, 1.54) is 30.4 Å². The van der Waals surface area contributed by atoms with Gasteiger partial charge < -0.3 is 20.0 Å². The number of carboxylic acid groups (broad SMARTS) is 1. The van der Waals surface area contributed by atoms with Crippen LogP contribution in [0.4, 0.5) is 13.2 Å². The van der Waals surface area contributed by atoms with E-state index in [2.05, 4.69) is 19.9 Å². The maximum atomic E-state index is 12.6. The summed E-state index contributed by atoms with van der Waals surface area (Å²) in [6.45, 7) is 1.46. The van der Waals surface area contributed by atoms with Crippen molar-refractivity contribution in [1.29, 1.82) is 0 Å². The summed E-state index contributed by atoms with van der Waals surface area (Å²) in [7, 11) is 0. The first-order chi connectivity index (χ1) is 16.9. The maximum Gasteiger partial charge on any atom is 0.573 e. The third kappa shape index (κ3) is 5.25. The van der Waals surface area contributed by atoms with Crippen LogP contribution in [0.25, 0.3) is 22.9 Å². The van der Waals surface area contributed by atoms with Crippen LogP contribution in [0.2, 0.25) is 0 Å². The highest BCUT2D eigenvalue weighted by Crippen LogP contribution is 2.33. The number of hydrogen-bond donors (Lipinski definition) is 2. The largest absolute Gasteiger partial charge is 0.573 e. The second kappa shape index (κ2) is 9.26. The molecule has 15 heteroatoms. The van der Waals surface area contributed by atoms with Crippen LogP contribution >= 0.6 is 11.3 Å². The summed E-state index contributed by atoms with van der Waals surface area (Å²) in [4.78, 5) is 41.4. The number of hydrogen-bond acceptors (Lipinski definition) is 9. The van der Waals surface area contributed by atoms with E-state index >= 15 is 0 Å². The molecule has 1 aromatic carbocycles. The summed E-state index contributed by atoms with van der Waals surface area (Å²) in [5.41, 5.74) is 4.00. The number of aromatic carboxylic acids is 1. The first-order valence-electron chi connectivity index (χ1n) is 9.86. The maximum absolute atomic E-state index is 12.6. The van der Waals surface area contributed by atoms with Crippen molar-refractivity contribution in [2.75, 3.05) is 0 Å². The zero-order chi connectivity index (χ0) is 26.2. The number of primary amides is 1. The monoisotopic (exact) mass is 521 g/mol. The van der Waals surface area contributed by atoms with Crippen LogP contribution < -0.4 is 10.5 Å². The van der Waals surface area contributed by atoms with Crippen molar-refractivity contribution in [3.63, 3.8) is 0 Å². The zero-order valence-electron chi connectivity index (χ0n) is 18.1. The van der Waals surface area contributed by atoms with Gasteiger partial charge in [-0.3, -0.25) is 9.59 Å². The van der Waals surface area contributed by atoms with Gasteiger partial charge in [-0.05, 0) is 31.2 Å². The molecule has 3 heterocycles. The van der Waals surface area contributed by atoms with Crippen LogP contribution in [0.1, 0.15) is 42.4 Å². The van der Waals surface area contributed by atoms with E-state index < -0.39 is 41.3 Å². The number of alkyl halides is 3. The van der Waals surface area contributed by atoms with E-state index in [1.54, 1.807) is 12.1 Å². The molecule has 36 heavy (non-hydrogen) atoms. The van der Waals surface area contributed by atoms with Crippen LogP contribution in [0.3, 0.4) is 0 Å². The minimum absolute atomic E-state index is 0.0500. The lowest BCUT2D eigenvalue weighted by Crippen LogP contribution is -2.17. The second-order valence-electron chi connectivity index (χ2n) is 7.19. The number of thiophene rings is 1. The molecule has 0 unspecified atom stereocenters. The number of oxazole rings is 1. The standard InChI is InChI=1S/C21H14F3N5O6S/c1-9(30)13-6-5-12(36-13)8-29-27-14(18(25)31)15(28-29)19-26-16(20(32)33)17(34-19)10-3-2-4-11(7-10)35-21(22,23)24/h2-7H,8H2,1H3,(H2,25,31)(H,32,33). The number of amides is 1. The molecule has 0 radical (unpaired) electrons. The lowest BCUT2D eigenvalue weighted by atomic mass is 10.1. The number of carbonyl (C=O) groups is 3. The van der Waals surface area contributed by atoms with Gasteiger partial charge in [-0.2, -0.15) is 9.78 Å². The first kappa shape index (κ1) is 24.6. The van der Waals surface area contributed by atoms with Crippen LogP contribution in [0.15, 0.2) is 40.8 Å². The Morgan fingerprint density at radius 2 is 1.92 bits per heavy atom. The van der Waals surface area contributed by atoms with Crippen LogP contribution in [0.5, 0.6) is 5.75 Å². The molecule has 3 N–H and O–H groups in total. The van der Waals surface area contributed by atoms with Gasteiger partial charge >= 0.3 is 12.3 Å². The minimum atomic E-state index is -4.97. The summed E-state index contributed by atoms with van der Waals surface area (Å²) in [6.07, 6.45) is -4.97. The van der Waals surface area contributed by atoms with E-state index in [0.717, 1.165) is 16.9 Å². The number of rotatable bonds is 8.